The van der Waals surface area contributed by atoms with E-state index in [1.54, 1.807) is 7.11 Å². The maximum absolute atomic E-state index is 11.9. The molecule has 0 saturated carbocycles. The Bertz CT molecular complexity index is 419. The molecule has 0 bridgehead atoms. The molecule has 0 aromatic heterocycles. The summed E-state index contributed by atoms with van der Waals surface area (Å²) in [5.74, 6) is 0.459. The first-order valence-electron chi connectivity index (χ1n) is 7.14. The van der Waals surface area contributed by atoms with Crippen LogP contribution in [0.1, 0.15) is 26.3 Å². The highest BCUT2D eigenvalue weighted by Gasteiger charge is 2.10. The molecule has 0 spiro atoms. The van der Waals surface area contributed by atoms with Gasteiger partial charge >= 0.3 is 0 Å². The van der Waals surface area contributed by atoms with Crippen LogP contribution in [-0.4, -0.2) is 32.2 Å². The van der Waals surface area contributed by atoms with Crippen molar-refractivity contribution in [1.29, 1.82) is 0 Å². The van der Waals surface area contributed by atoms with E-state index in [1.165, 1.54) is 5.56 Å². The molecule has 0 saturated heterocycles. The molecule has 0 fully saturated rings. The van der Waals surface area contributed by atoms with Crippen LogP contribution in [0.3, 0.4) is 0 Å². The van der Waals surface area contributed by atoms with E-state index in [-0.39, 0.29) is 11.9 Å². The molecule has 112 valence electrons. The molecule has 4 heteroatoms. The highest BCUT2D eigenvalue weighted by atomic mass is 16.5. The number of hydrogen-bond acceptors (Lipinski definition) is 3. The first kappa shape index (κ1) is 16.5. The average Bonchev–Trinajstić information content (AvgIpc) is 2.43. The van der Waals surface area contributed by atoms with E-state index in [2.05, 4.69) is 30.5 Å². The van der Waals surface area contributed by atoms with Gasteiger partial charge in [-0.3, -0.25) is 4.79 Å². The molecular weight excluding hydrogens is 252 g/mol. The lowest BCUT2D eigenvalue weighted by Crippen LogP contribution is -2.39. The number of carbonyl (C=O) groups is 1. The molecule has 1 unspecified atom stereocenters. The normalized spacial score (nSPS) is 12.2. The second-order valence-corrected chi connectivity index (χ2v) is 5.35. The zero-order valence-electron chi connectivity index (χ0n) is 12.9. The molecule has 4 nitrogen and oxygen atoms in total. The number of hydrogen-bond donors (Lipinski definition) is 2. The monoisotopic (exact) mass is 278 g/mol. The fraction of sp³-hybridized carbons (Fsp3) is 0.562. The average molecular weight is 278 g/mol. The van der Waals surface area contributed by atoms with Gasteiger partial charge in [0.15, 0.2) is 0 Å². The van der Waals surface area contributed by atoms with Crippen LogP contribution in [0.2, 0.25) is 0 Å². The largest absolute Gasteiger partial charge is 0.384 e. The summed E-state index contributed by atoms with van der Waals surface area (Å²) in [7, 11) is 1.69. The molecule has 0 aliphatic carbocycles. The van der Waals surface area contributed by atoms with Crippen LogP contribution in [0.15, 0.2) is 24.3 Å². The predicted octanol–water partition coefficient (Wildman–Crippen LogP) is 2.45. The van der Waals surface area contributed by atoms with Crippen LogP contribution in [-0.2, 0) is 16.0 Å². The van der Waals surface area contributed by atoms with Gasteiger partial charge in [0, 0.05) is 18.8 Å². The van der Waals surface area contributed by atoms with Crippen LogP contribution >= 0.6 is 0 Å². The van der Waals surface area contributed by atoms with Crippen LogP contribution < -0.4 is 10.6 Å². The predicted molar refractivity (Wildman–Crippen MR) is 83.0 cm³/mol. The maximum atomic E-state index is 11.9. The SMILES string of the molecule is COCCc1ccccc1NCC(=O)NC(C)C(C)C. The van der Waals surface area contributed by atoms with Gasteiger partial charge in [-0.05, 0) is 30.9 Å². The molecule has 0 aliphatic rings. The van der Waals surface area contributed by atoms with Crippen LogP contribution in [0.25, 0.3) is 0 Å². The lowest BCUT2D eigenvalue weighted by molar-refractivity contribution is -0.120. The van der Waals surface area contributed by atoms with Crippen molar-refractivity contribution in [3.63, 3.8) is 0 Å². The molecule has 0 aliphatic heterocycles. The van der Waals surface area contributed by atoms with E-state index in [1.807, 2.05) is 25.1 Å². The molecule has 1 aromatic carbocycles. The summed E-state index contributed by atoms with van der Waals surface area (Å²) in [6.45, 7) is 7.18. The third-order valence-corrected chi connectivity index (χ3v) is 3.42. The van der Waals surface area contributed by atoms with E-state index in [9.17, 15) is 4.79 Å². The van der Waals surface area contributed by atoms with Gasteiger partial charge in [-0.15, -0.1) is 0 Å². The number of rotatable bonds is 8. The number of anilines is 1. The van der Waals surface area contributed by atoms with Crippen LogP contribution in [0.5, 0.6) is 0 Å². The van der Waals surface area contributed by atoms with E-state index >= 15 is 0 Å². The third-order valence-electron chi connectivity index (χ3n) is 3.42. The molecule has 2 N–H and O–H groups in total. The smallest absolute Gasteiger partial charge is 0.239 e. The first-order valence-corrected chi connectivity index (χ1v) is 7.14. The van der Waals surface area contributed by atoms with Crippen molar-refractivity contribution in [3.8, 4) is 0 Å². The fourth-order valence-electron chi connectivity index (χ4n) is 1.77. The summed E-state index contributed by atoms with van der Waals surface area (Å²) in [5, 5.41) is 6.18. The topological polar surface area (TPSA) is 50.4 Å². The minimum absolute atomic E-state index is 0.0211. The van der Waals surface area contributed by atoms with E-state index < -0.39 is 0 Å². The number of ether oxygens (including phenoxy) is 1. The molecule has 0 heterocycles. The van der Waals surface area contributed by atoms with Crippen molar-refractivity contribution < 1.29 is 9.53 Å². The van der Waals surface area contributed by atoms with Gasteiger partial charge in [0.2, 0.25) is 5.91 Å². The minimum Gasteiger partial charge on any atom is -0.384 e. The fourth-order valence-corrected chi connectivity index (χ4v) is 1.77. The van der Waals surface area contributed by atoms with Crippen molar-refractivity contribution in [2.75, 3.05) is 25.6 Å². The Hall–Kier alpha value is -1.55. The zero-order chi connectivity index (χ0) is 15.0. The van der Waals surface area contributed by atoms with Crippen LogP contribution in [0, 0.1) is 5.92 Å². The van der Waals surface area contributed by atoms with Gasteiger partial charge in [0.25, 0.3) is 0 Å². The molecule has 1 rings (SSSR count). The Morgan fingerprint density at radius 2 is 1.95 bits per heavy atom. The number of para-hydroxylation sites is 1. The van der Waals surface area contributed by atoms with E-state index in [0.29, 0.717) is 19.1 Å². The van der Waals surface area contributed by atoms with Gasteiger partial charge in [-0.2, -0.15) is 0 Å². The number of benzene rings is 1. The van der Waals surface area contributed by atoms with Crippen molar-refractivity contribution in [2.45, 2.75) is 33.2 Å². The molecule has 1 atom stereocenters. The van der Waals surface area contributed by atoms with Gasteiger partial charge in [-0.25, -0.2) is 0 Å². The van der Waals surface area contributed by atoms with Gasteiger partial charge in [-0.1, -0.05) is 32.0 Å². The van der Waals surface area contributed by atoms with Crippen LogP contribution in [0.4, 0.5) is 5.69 Å². The Balaban J connectivity index is 2.50. The molecule has 0 radical (unpaired) electrons. The number of carbonyl (C=O) groups excluding carboxylic acids is 1. The van der Waals surface area contributed by atoms with Crippen molar-refractivity contribution >= 4 is 11.6 Å². The summed E-state index contributed by atoms with van der Waals surface area (Å²) in [4.78, 5) is 11.9. The Kier molecular flexibility index (Phi) is 7.09. The third kappa shape index (κ3) is 5.61. The van der Waals surface area contributed by atoms with E-state index in [0.717, 1.165) is 12.1 Å². The summed E-state index contributed by atoms with van der Waals surface area (Å²) >= 11 is 0. The summed E-state index contributed by atoms with van der Waals surface area (Å²) in [6, 6.07) is 8.19. The second kappa shape index (κ2) is 8.59. The van der Waals surface area contributed by atoms with Gasteiger partial charge in [0.1, 0.15) is 0 Å². The number of amides is 1. The zero-order valence-corrected chi connectivity index (χ0v) is 12.9. The quantitative estimate of drug-likeness (QED) is 0.768. The second-order valence-electron chi connectivity index (χ2n) is 5.35. The lowest BCUT2D eigenvalue weighted by Gasteiger charge is -2.18. The van der Waals surface area contributed by atoms with Crippen molar-refractivity contribution in [3.05, 3.63) is 29.8 Å². The first-order chi connectivity index (χ1) is 9.54. The molecular formula is C16H26N2O2. The summed E-state index contributed by atoms with van der Waals surface area (Å²) < 4.78 is 5.10. The molecule has 1 aromatic rings. The van der Waals surface area contributed by atoms with E-state index in [4.69, 9.17) is 4.74 Å². The standard InChI is InChI=1S/C16H26N2O2/c1-12(2)13(3)18-16(19)11-17-15-8-6-5-7-14(15)9-10-20-4/h5-8,12-13,17H,9-11H2,1-4H3,(H,18,19). The van der Waals surface area contributed by atoms with Crippen molar-refractivity contribution in [1.82, 2.24) is 5.32 Å². The maximum Gasteiger partial charge on any atom is 0.239 e. The van der Waals surface area contributed by atoms with Crippen molar-refractivity contribution in [2.24, 2.45) is 5.92 Å². The summed E-state index contributed by atoms with van der Waals surface area (Å²) in [6.07, 6.45) is 0.837. The Labute approximate surface area is 121 Å². The summed E-state index contributed by atoms with van der Waals surface area (Å²) in [5.41, 5.74) is 2.16. The number of nitrogens with one attached hydrogen (secondary N) is 2. The molecule has 1 amide bonds. The van der Waals surface area contributed by atoms with Gasteiger partial charge in [0.05, 0.1) is 13.2 Å². The Morgan fingerprint density at radius 1 is 1.25 bits per heavy atom. The number of methoxy groups -OCH3 is 1. The highest BCUT2D eigenvalue weighted by molar-refractivity contribution is 5.81. The lowest BCUT2D eigenvalue weighted by atomic mass is 10.1. The highest BCUT2D eigenvalue weighted by Crippen LogP contribution is 2.15. The minimum atomic E-state index is 0.0211. The Morgan fingerprint density at radius 3 is 2.60 bits per heavy atom. The van der Waals surface area contributed by atoms with Gasteiger partial charge < -0.3 is 15.4 Å². The molecule has 20 heavy (non-hydrogen) atoms.